The molecule has 0 N–H and O–H groups in total. The van der Waals surface area contributed by atoms with E-state index in [0.717, 1.165) is 6.21 Å². The van der Waals surface area contributed by atoms with Gasteiger partial charge in [-0.3, -0.25) is 0 Å². The molecule has 0 aliphatic heterocycles. The summed E-state index contributed by atoms with van der Waals surface area (Å²) in [7, 11) is 0. The Hall–Kier alpha value is 0.160. The van der Waals surface area contributed by atoms with Crippen molar-refractivity contribution in [1.29, 1.82) is 0 Å². The number of halogens is 2. The van der Waals surface area contributed by atoms with Crippen LogP contribution in [-0.2, 0) is 9.53 Å². The largest absolute Gasteiger partial charge is 0.462 e. The van der Waals surface area contributed by atoms with E-state index in [1.54, 1.807) is 29.8 Å². The number of hydrogen-bond donors (Lipinski definition) is 0. The molecule has 0 aliphatic rings. The van der Waals surface area contributed by atoms with E-state index in [1.807, 2.05) is 0 Å². The van der Waals surface area contributed by atoms with Crippen LogP contribution >= 0.6 is 35.3 Å². The zero-order valence-corrected chi connectivity index (χ0v) is 7.81. The van der Waals surface area contributed by atoms with E-state index in [0.29, 0.717) is 6.61 Å². The van der Waals surface area contributed by atoms with Crippen LogP contribution in [0, 0.1) is 0 Å². The van der Waals surface area contributed by atoms with Crippen molar-refractivity contribution in [3.05, 3.63) is 0 Å². The fraction of sp³-hybridized carbons (Fsp3) is 0.500. The van der Waals surface area contributed by atoms with Crippen molar-refractivity contribution < 1.29 is 9.53 Å². The molecule has 0 fully saturated rings. The van der Waals surface area contributed by atoms with Gasteiger partial charge in [0.15, 0.2) is 0 Å². The fourth-order valence-corrected chi connectivity index (χ4v) is 0.447. The van der Waals surface area contributed by atoms with Gasteiger partial charge in [0.25, 0.3) is 0 Å². The van der Waals surface area contributed by atoms with Crippen molar-refractivity contribution in [2.45, 2.75) is 6.92 Å². The van der Waals surface area contributed by atoms with Crippen LogP contribution in [0.1, 0.15) is 6.92 Å². The first-order chi connectivity index (χ1) is 3.81. The van der Waals surface area contributed by atoms with Crippen LogP contribution < -0.4 is 0 Å². The zero-order valence-electron chi connectivity index (χ0n) is 4.83. The number of rotatable bonds is 2. The average Bonchev–Trinajstić information content (AvgIpc) is 1.68. The number of ether oxygens (including phenoxy) is 1. The number of carbonyl (C=O) groups is 1. The van der Waals surface area contributed by atoms with Crippen LogP contribution in [0.25, 0.3) is 0 Å². The predicted octanol–water partition coefficient (Wildman–Crippen LogP) is 1.39. The molecule has 54 valence electrons. The Balaban J connectivity index is 0. The van der Waals surface area contributed by atoms with Crippen molar-refractivity contribution >= 4 is 47.5 Å². The summed E-state index contributed by atoms with van der Waals surface area (Å²) in [5, 5.41) is 0. The van der Waals surface area contributed by atoms with Crippen molar-refractivity contribution in [2.24, 2.45) is 3.21 Å². The lowest BCUT2D eigenvalue weighted by Gasteiger charge is -1.90. The fourth-order valence-electron chi connectivity index (χ4n) is 0.219. The molecule has 0 aromatic carbocycles. The Morgan fingerprint density at radius 2 is 2.44 bits per heavy atom. The van der Waals surface area contributed by atoms with Gasteiger partial charge in [0.1, 0.15) is 6.21 Å². The van der Waals surface area contributed by atoms with Crippen LogP contribution in [0.3, 0.4) is 0 Å². The maximum atomic E-state index is 10.3. The lowest BCUT2D eigenvalue weighted by atomic mass is 10.7. The highest BCUT2D eigenvalue weighted by Gasteiger charge is 1.90. The van der Waals surface area contributed by atoms with Crippen molar-refractivity contribution in [2.75, 3.05) is 6.61 Å². The molecule has 0 saturated carbocycles. The van der Waals surface area contributed by atoms with Crippen molar-refractivity contribution in [3.8, 4) is 0 Å². The van der Waals surface area contributed by atoms with Gasteiger partial charge in [-0.1, -0.05) is 0 Å². The molecular weight excluding hydrogens is 256 g/mol. The highest BCUT2D eigenvalue weighted by atomic mass is 127. The van der Waals surface area contributed by atoms with Crippen LogP contribution in [0.4, 0.5) is 0 Å². The minimum Gasteiger partial charge on any atom is -0.462 e. The Morgan fingerprint density at radius 3 is 2.78 bits per heavy atom. The van der Waals surface area contributed by atoms with E-state index in [9.17, 15) is 4.79 Å². The van der Waals surface area contributed by atoms with Crippen LogP contribution in [0.15, 0.2) is 3.21 Å². The summed E-state index contributed by atoms with van der Waals surface area (Å²) in [4.78, 5) is 10.3. The van der Waals surface area contributed by atoms with Gasteiger partial charge in [0, 0.05) is 0 Å². The number of hydrogen-bond acceptors (Lipinski definition) is 3. The standard InChI is InChI=1S/C4H6INO2.ClH/c1-2-8-4(7)3-6-5;/h3H,2H2,1H3;1H. The molecule has 3 nitrogen and oxygen atoms in total. The second-order valence-electron chi connectivity index (χ2n) is 0.979. The summed E-state index contributed by atoms with van der Waals surface area (Å²) < 4.78 is 7.91. The van der Waals surface area contributed by atoms with E-state index in [2.05, 4.69) is 7.94 Å². The van der Waals surface area contributed by atoms with Gasteiger partial charge in [-0.2, -0.15) is 0 Å². The Labute approximate surface area is 73.8 Å². The van der Waals surface area contributed by atoms with E-state index >= 15 is 0 Å². The third-order valence-corrected chi connectivity index (χ3v) is 0.719. The molecule has 0 rings (SSSR count). The van der Waals surface area contributed by atoms with E-state index in [1.165, 1.54) is 0 Å². The highest BCUT2D eigenvalue weighted by Crippen LogP contribution is 1.79. The quantitative estimate of drug-likeness (QED) is 0.429. The van der Waals surface area contributed by atoms with Gasteiger partial charge >= 0.3 is 5.97 Å². The Bertz CT molecular complexity index is 107. The molecule has 0 radical (unpaired) electrons. The molecule has 0 spiro atoms. The first-order valence-corrected chi connectivity index (χ1v) is 3.08. The SMILES string of the molecule is CCOC(=O)C=NI.Cl. The van der Waals surface area contributed by atoms with Crippen LogP contribution in [0.5, 0.6) is 0 Å². The number of nitrogens with zero attached hydrogens (tertiary/aromatic N) is 1. The van der Waals surface area contributed by atoms with Gasteiger partial charge in [-0.15, -0.1) is 12.4 Å². The second-order valence-corrected chi connectivity index (χ2v) is 1.54. The van der Waals surface area contributed by atoms with Crippen LogP contribution in [-0.4, -0.2) is 18.8 Å². The third kappa shape index (κ3) is 8.16. The van der Waals surface area contributed by atoms with Crippen molar-refractivity contribution in [3.63, 3.8) is 0 Å². The van der Waals surface area contributed by atoms with Gasteiger partial charge in [-0.25, -0.2) is 8.00 Å². The highest BCUT2D eigenvalue weighted by molar-refractivity contribution is 14.1. The molecule has 0 aliphatic carbocycles. The topological polar surface area (TPSA) is 38.7 Å². The van der Waals surface area contributed by atoms with Crippen LogP contribution in [0.2, 0.25) is 0 Å². The summed E-state index contributed by atoms with van der Waals surface area (Å²) in [6, 6.07) is 0. The average molecular weight is 263 g/mol. The van der Waals surface area contributed by atoms with Crippen molar-refractivity contribution in [1.82, 2.24) is 0 Å². The molecule has 0 aromatic rings. The maximum absolute atomic E-state index is 10.3. The maximum Gasteiger partial charge on any atom is 0.349 e. The van der Waals surface area contributed by atoms with Gasteiger partial charge in [-0.05, 0) is 6.92 Å². The van der Waals surface area contributed by atoms with E-state index < -0.39 is 0 Å². The first kappa shape index (κ1) is 11.9. The molecule has 0 bridgehead atoms. The predicted molar refractivity (Wildman–Crippen MR) is 46.4 cm³/mol. The Kier molecular flexibility index (Phi) is 10.8. The van der Waals surface area contributed by atoms with Gasteiger partial charge < -0.3 is 4.74 Å². The minimum absolute atomic E-state index is 0. The lowest BCUT2D eigenvalue weighted by Crippen LogP contribution is -2.03. The minimum atomic E-state index is -0.387. The molecule has 0 heterocycles. The molecule has 0 unspecified atom stereocenters. The molecule has 0 amide bonds. The zero-order chi connectivity index (χ0) is 6.41. The number of carbonyl (C=O) groups excluding carboxylic acids is 1. The summed E-state index contributed by atoms with van der Waals surface area (Å²) in [6.07, 6.45) is 1.13. The monoisotopic (exact) mass is 263 g/mol. The molecule has 5 heteroatoms. The van der Waals surface area contributed by atoms with Gasteiger partial charge in [0.2, 0.25) is 0 Å². The lowest BCUT2D eigenvalue weighted by molar-refractivity contribution is -0.134. The Morgan fingerprint density at radius 1 is 1.89 bits per heavy atom. The molecule has 0 saturated heterocycles. The number of esters is 1. The summed E-state index contributed by atoms with van der Waals surface area (Å²) in [6.45, 7) is 2.15. The normalized spacial score (nSPS) is 8.67. The first-order valence-electron chi connectivity index (χ1n) is 2.12. The molecule has 0 aromatic heterocycles. The smallest absolute Gasteiger partial charge is 0.349 e. The summed E-state index contributed by atoms with van der Waals surface area (Å²) in [5.41, 5.74) is 0. The van der Waals surface area contributed by atoms with E-state index in [-0.39, 0.29) is 18.4 Å². The third-order valence-electron chi connectivity index (χ3n) is 0.441. The summed E-state index contributed by atoms with van der Waals surface area (Å²) >= 11 is 1.71. The molecular formula is C4H7ClINO2. The molecule has 0 atom stereocenters. The molecule has 9 heavy (non-hydrogen) atoms. The van der Waals surface area contributed by atoms with Gasteiger partial charge in [0.05, 0.1) is 29.5 Å². The summed E-state index contributed by atoms with van der Waals surface area (Å²) in [5.74, 6) is -0.387. The second kappa shape index (κ2) is 8.16. The van der Waals surface area contributed by atoms with E-state index in [4.69, 9.17) is 0 Å².